The molecule has 1 aliphatic rings. The molecule has 0 radical (unpaired) electrons. The highest BCUT2D eigenvalue weighted by molar-refractivity contribution is 6.32. The summed E-state index contributed by atoms with van der Waals surface area (Å²) in [5.41, 5.74) is 0. The van der Waals surface area contributed by atoms with Crippen LogP contribution in [-0.4, -0.2) is 22.7 Å². The van der Waals surface area contributed by atoms with E-state index >= 15 is 0 Å². The Bertz CT molecular complexity index is 273. The van der Waals surface area contributed by atoms with E-state index in [0.717, 1.165) is 0 Å². The van der Waals surface area contributed by atoms with Crippen molar-refractivity contribution in [2.75, 3.05) is 6.61 Å². The Hall–Kier alpha value is -0.510. The van der Waals surface area contributed by atoms with Gasteiger partial charge < -0.3 is 9.84 Å². The highest BCUT2D eigenvalue weighted by Gasteiger charge is 2.25. The van der Waals surface area contributed by atoms with Crippen LogP contribution in [0.25, 0.3) is 0 Å². The molecule has 0 saturated heterocycles. The quantitative estimate of drug-likeness (QED) is 0.588. The molecule has 0 bridgehead atoms. The van der Waals surface area contributed by atoms with Crippen LogP contribution in [0.5, 0.6) is 0 Å². The lowest BCUT2D eigenvalue weighted by molar-refractivity contribution is -0.143. The molecule has 1 N–H and O–H groups in total. The molecule has 1 rings (SSSR count). The van der Waals surface area contributed by atoms with Crippen LogP contribution >= 0.6 is 23.2 Å². The Morgan fingerprint density at radius 1 is 1.77 bits per heavy atom. The fraction of sp³-hybridized carbons (Fsp3) is 0.375. The summed E-state index contributed by atoms with van der Waals surface area (Å²) >= 11 is 11.6. The molecule has 0 saturated carbocycles. The first-order valence-electron chi connectivity index (χ1n) is 3.61. The lowest BCUT2D eigenvalue weighted by Gasteiger charge is -2.22. The van der Waals surface area contributed by atoms with Crippen molar-refractivity contribution in [3.8, 4) is 0 Å². The molecule has 0 amide bonds. The Balaban J connectivity index is 2.59. The molecule has 13 heavy (non-hydrogen) atoms. The van der Waals surface area contributed by atoms with E-state index < -0.39 is 17.6 Å². The summed E-state index contributed by atoms with van der Waals surface area (Å²) in [5, 5.41) is 7.71. The van der Waals surface area contributed by atoms with Crippen LogP contribution in [0.1, 0.15) is 6.42 Å². The number of hydrogen-bond donors (Lipinski definition) is 1. The largest absolute Gasteiger partial charge is 0.480 e. The van der Waals surface area contributed by atoms with Crippen molar-refractivity contribution >= 4 is 29.2 Å². The van der Waals surface area contributed by atoms with Crippen LogP contribution in [0.4, 0.5) is 0 Å². The number of allylic oxidation sites excluding steroid dienone is 2. The molecule has 0 aliphatic heterocycles. The van der Waals surface area contributed by atoms with Crippen molar-refractivity contribution in [2.24, 2.45) is 0 Å². The van der Waals surface area contributed by atoms with Gasteiger partial charge in [-0.05, 0) is 12.2 Å². The zero-order chi connectivity index (χ0) is 9.90. The Kier molecular flexibility index (Phi) is 3.36. The van der Waals surface area contributed by atoms with Gasteiger partial charge in [0.25, 0.3) is 0 Å². The van der Waals surface area contributed by atoms with E-state index in [2.05, 4.69) is 0 Å². The highest BCUT2D eigenvalue weighted by atomic mass is 35.5. The van der Waals surface area contributed by atoms with Crippen molar-refractivity contribution in [1.82, 2.24) is 0 Å². The molecule has 5 heteroatoms. The van der Waals surface area contributed by atoms with Crippen LogP contribution < -0.4 is 0 Å². The third-order valence-corrected chi connectivity index (χ3v) is 2.04. The van der Waals surface area contributed by atoms with E-state index in [0.29, 0.717) is 11.5 Å². The standard InChI is InChI=1S/C8H8Cl2O3/c9-6-2-1-3-8(10,4-6)13-5-7(11)12/h1,3-4H,2,5H2,(H,11,12). The number of alkyl halides is 1. The van der Waals surface area contributed by atoms with Crippen LogP contribution in [0.3, 0.4) is 0 Å². The fourth-order valence-electron chi connectivity index (χ4n) is 0.915. The predicted molar refractivity (Wildman–Crippen MR) is 49.9 cm³/mol. The second-order valence-corrected chi connectivity index (χ2v) is 3.65. The van der Waals surface area contributed by atoms with E-state index in [1.807, 2.05) is 0 Å². The maximum absolute atomic E-state index is 10.2. The van der Waals surface area contributed by atoms with E-state index in [1.54, 1.807) is 12.2 Å². The number of hydrogen-bond acceptors (Lipinski definition) is 2. The summed E-state index contributed by atoms with van der Waals surface area (Å²) in [4.78, 5) is 10.2. The van der Waals surface area contributed by atoms with Crippen molar-refractivity contribution < 1.29 is 14.6 Å². The maximum atomic E-state index is 10.2. The number of rotatable bonds is 3. The summed E-state index contributed by atoms with van der Waals surface area (Å²) in [7, 11) is 0. The van der Waals surface area contributed by atoms with Gasteiger partial charge >= 0.3 is 5.97 Å². The fourth-order valence-corrected chi connectivity index (χ4v) is 1.50. The van der Waals surface area contributed by atoms with Crippen molar-refractivity contribution in [3.05, 3.63) is 23.3 Å². The average molecular weight is 223 g/mol. The molecule has 72 valence electrons. The first kappa shape index (κ1) is 10.6. The minimum Gasteiger partial charge on any atom is -0.480 e. The summed E-state index contributed by atoms with van der Waals surface area (Å²) in [5.74, 6) is -1.07. The number of carbonyl (C=O) groups is 1. The third-order valence-electron chi connectivity index (χ3n) is 1.43. The molecule has 0 heterocycles. The molecule has 0 fully saturated rings. The summed E-state index contributed by atoms with van der Waals surface area (Å²) < 4.78 is 4.92. The maximum Gasteiger partial charge on any atom is 0.329 e. The minimum atomic E-state index is -1.20. The number of ether oxygens (including phenoxy) is 1. The molecule has 0 aromatic rings. The topological polar surface area (TPSA) is 46.5 Å². The van der Waals surface area contributed by atoms with Crippen molar-refractivity contribution in [1.29, 1.82) is 0 Å². The third kappa shape index (κ3) is 3.38. The Morgan fingerprint density at radius 2 is 2.46 bits per heavy atom. The van der Waals surface area contributed by atoms with Gasteiger partial charge in [0.15, 0.2) is 5.06 Å². The smallest absolute Gasteiger partial charge is 0.329 e. The molecule has 1 aliphatic carbocycles. The van der Waals surface area contributed by atoms with E-state index in [1.165, 1.54) is 6.08 Å². The zero-order valence-corrected chi connectivity index (χ0v) is 8.18. The van der Waals surface area contributed by atoms with Crippen LogP contribution in [-0.2, 0) is 9.53 Å². The van der Waals surface area contributed by atoms with Gasteiger partial charge in [0.1, 0.15) is 6.61 Å². The predicted octanol–water partition coefficient (Wildman–Crippen LogP) is 2.11. The van der Waals surface area contributed by atoms with Gasteiger partial charge in [0.2, 0.25) is 0 Å². The van der Waals surface area contributed by atoms with Gasteiger partial charge in [0.05, 0.1) is 0 Å². The lowest BCUT2D eigenvalue weighted by Crippen LogP contribution is -2.25. The first-order chi connectivity index (χ1) is 6.02. The van der Waals surface area contributed by atoms with Gasteiger partial charge in [-0.25, -0.2) is 4.79 Å². The minimum absolute atomic E-state index is 0.450. The lowest BCUT2D eigenvalue weighted by atomic mass is 10.1. The van der Waals surface area contributed by atoms with Gasteiger partial charge in [-0.2, -0.15) is 0 Å². The number of halogens is 2. The molecule has 1 atom stereocenters. The second kappa shape index (κ2) is 4.13. The Morgan fingerprint density at radius 3 is 3.00 bits per heavy atom. The van der Waals surface area contributed by atoms with Gasteiger partial charge in [-0.3, -0.25) is 0 Å². The number of aliphatic carboxylic acids is 1. The van der Waals surface area contributed by atoms with Gasteiger partial charge in [-0.15, -0.1) is 0 Å². The normalized spacial score (nSPS) is 27.1. The molecule has 0 aromatic carbocycles. The SMILES string of the molecule is O=C(O)COC1(Cl)C=CCC(Cl)=C1. The van der Waals surface area contributed by atoms with Crippen LogP contribution in [0, 0.1) is 0 Å². The first-order valence-corrected chi connectivity index (χ1v) is 4.37. The average Bonchev–Trinajstić information content (AvgIpc) is 2.01. The zero-order valence-electron chi connectivity index (χ0n) is 6.67. The number of carboxylic acid groups (broad SMARTS) is 1. The van der Waals surface area contributed by atoms with E-state index in [-0.39, 0.29) is 0 Å². The second-order valence-electron chi connectivity index (χ2n) is 2.58. The summed E-state index contributed by atoms with van der Waals surface area (Å²) in [6, 6.07) is 0. The van der Waals surface area contributed by atoms with Crippen LogP contribution in [0.2, 0.25) is 0 Å². The molecule has 0 spiro atoms. The van der Waals surface area contributed by atoms with Crippen LogP contribution in [0.15, 0.2) is 23.3 Å². The van der Waals surface area contributed by atoms with E-state index in [9.17, 15) is 4.79 Å². The van der Waals surface area contributed by atoms with Crippen molar-refractivity contribution in [2.45, 2.75) is 11.5 Å². The molecular formula is C8H8Cl2O3. The van der Waals surface area contributed by atoms with Gasteiger partial charge in [0, 0.05) is 11.5 Å². The monoisotopic (exact) mass is 222 g/mol. The number of carboxylic acids is 1. The summed E-state index contributed by atoms with van der Waals surface area (Å²) in [6.07, 6.45) is 5.39. The van der Waals surface area contributed by atoms with Crippen molar-refractivity contribution in [3.63, 3.8) is 0 Å². The molecule has 0 aromatic heterocycles. The summed E-state index contributed by atoms with van der Waals surface area (Å²) in [6.45, 7) is -0.450. The highest BCUT2D eigenvalue weighted by Crippen LogP contribution is 2.29. The molecule has 1 unspecified atom stereocenters. The van der Waals surface area contributed by atoms with E-state index in [4.69, 9.17) is 33.0 Å². The molecule has 3 nitrogen and oxygen atoms in total. The Labute approximate surface area is 85.6 Å². The molecular weight excluding hydrogens is 215 g/mol. The van der Waals surface area contributed by atoms with Gasteiger partial charge in [-0.1, -0.05) is 29.3 Å².